The summed E-state index contributed by atoms with van der Waals surface area (Å²) in [5.74, 6) is 0.346. The Balaban J connectivity index is 2.03. The fourth-order valence-electron chi connectivity index (χ4n) is 1.92. The summed E-state index contributed by atoms with van der Waals surface area (Å²) in [6, 6.07) is 10.8. The minimum atomic E-state index is -3.82. The zero-order valence-electron chi connectivity index (χ0n) is 11.4. The molecule has 0 fully saturated rings. The second-order valence-corrected chi connectivity index (χ2v) is 7.01. The lowest BCUT2D eigenvalue weighted by atomic mass is 10.2. The van der Waals surface area contributed by atoms with E-state index >= 15 is 0 Å². The molecule has 2 aromatic carbocycles. The number of benzene rings is 2. The van der Waals surface area contributed by atoms with Gasteiger partial charge in [0, 0.05) is 10.6 Å². The summed E-state index contributed by atoms with van der Waals surface area (Å²) in [6.45, 7) is 0. The number of sulfonamides is 1. The summed E-state index contributed by atoms with van der Waals surface area (Å²) in [5, 5.41) is 13.8. The molecule has 0 saturated carbocycles. The minimum Gasteiger partial charge on any atom is -0.416 e. The van der Waals surface area contributed by atoms with Gasteiger partial charge in [-0.2, -0.15) is 0 Å². The Morgan fingerprint density at radius 2 is 1.74 bits per heavy atom. The Hall–Kier alpha value is -1.93. The zero-order chi connectivity index (χ0) is 16.6. The summed E-state index contributed by atoms with van der Waals surface area (Å²) >= 11 is 11.9. The highest BCUT2D eigenvalue weighted by molar-refractivity contribution is 7.89. The molecule has 0 bridgehead atoms. The van der Waals surface area contributed by atoms with Gasteiger partial charge in [0.1, 0.15) is 0 Å². The van der Waals surface area contributed by atoms with Crippen molar-refractivity contribution in [3.05, 3.63) is 52.5 Å². The Bertz CT molecular complexity index is 986. The molecule has 6 nitrogen and oxygen atoms in total. The molecule has 2 N–H and O–H groups in total. The molecule has 0 saturated heterocycles. The summed E-state index contributed by atoms with van der Waals surface area (Å²) in [6.07, 6.45) is 0. The molecule has 3 rings (SSSR count). The van der Waals surface area contributed by atoms with Gasteiger partial charge in [-0.25, -0.2) is 13.6 Å². The summed E-state index contributed by atoms with van der Waals surface area (Å²) in [7, 11) is -3.82. The van der Waals surface area contributed by atoms with E-state index in [2.05, 4.69) is 10.2 Å². The summed E-state index contributed by atoms with van der Waals surface area (Å²) < 4.78 is 28.4. The van der Waals surface area contributed by atoms with Crippen LogP contribution in [-0.4, -0.2) is 18.6 Å². The number of rotatable bonds is 3. The van der Waals surface area contributed by atoms with E-state index in [4.69, 9.17) is 32.8 Å². The van der Waals surface area contributed by atoms with Crippen molar-refractivity contribution >= 4 is 33.2 Å². The van der Waals surface area contributed by atoms with Crippen LogP contribution in [0.15, 0.2) is 51.8 Å². The van der Waals surface area contributed by atoms with Gasteiger partial charge in [-0.15, -0.1) is 10.2 Å². The van der Waals surface area contributed by atoms with Crippen LogP contribution in [0.4, 0.5) is 0 Å². The van der Waals surface area contributed by atoms with Crippen LogP contribution >= 0.6 is 23.2 Å². The molecule has 118 valence electrons. The van der Waals surface area contributed by atoms with Gasteiger partial charge in [-0.3, -0.25) is 0 Å². The highest BCUT2D eigenvalue weighted by Crippen LogP contribution is 2.31. The average Bonchev–Trinajstić information content (AvgIpc) is 2.96. The SMILES string of the molecule is NS(=O)(=O)c1cccc(-c2nnc(-c3ccc(Cl)cc3Cl)o2)c1. The molecule has 0 aliphatic carbocycles. The number of hydrogen-bond acceptors (Lipinski definition) is 5. The first-order chi connectivity index (χ1) is 10.8. The first kappa shape index (κ1) is 15.9. The molecule has 0 amide bonds. The van der Waals surface area contributed by atoms with Gasteiger partial charge >= 0.3 is 0 Å². The Kier molecular flexibility index (Phi) is 4.11. The summed E-state index contributed by atoms with van der Waals surface area (Å²) in [4.78, 5) is -0.0423. The zero-order valence-corrected chi connectivity index (χ0v) is 13.7. The van der Waals surface area contributed by atoms with Crippen molar-refractivity contribution in [3.8, 4) is 22.9 Å². The van der Waals surface area contributed by atoms with Crippen LogP contribution in [0.1, 0.15) is 0 Å². The molecule has 1 heterocycles. The first-order valence-corrected chi connectivity index (χ1v) is 8.57. The van der Waals surface area contributed by atoms with E-state index in [1.165, 1.54) is 18.2 Å². The predicted octanol–water partition coefficient (Wildman–Crippen LogP) is 3.36. The number of hydrogen-bond donors (Lipinski definition) is 1. The largest absolute Gasteiger partial charge is 0.416 e. The number of halogens is 2. The van der Waals surface area contributed by atoms with Crippen molar-refractivity contribution in [1.82, 2.24) is 10.2 Å². The topological polar surface area (TPSA) is 99.1 Å². The van der Waals surface area contributed by atoms with Crippen molar-refractivity contribution in [1.29, 1.82) is 0 Å². The van der Waals surface area contributed by atoms with Gasteiger partial charge in [0.25, 0.3) is 0 Å². The number of primary sulfonamides is 1. The van der Waals surface area contributed by atoms with E-state index in [1.807, 2.05) is 0 Å². The van der Waals surface area contributed by atoms with E-state index in [0.29, 0.717) is 21.2 Å². The van der Waals surface area contributed by atoms with Gasteiger partial charge in [-0.05, 0) is 36.4 Å². The van der Waals surface area contributed by atoms with Crippen LogP contribution in [0.5, 0.6) is 0 Å². The monoisotopic (exact) mass is 369 g/mol. The maximum absolute atomic E-state index is 11.4. The maximum atomic E-state index is 11.4. The predicted molar refractivity (Wildman–Crippen MR) is 86.6 cm³/mol. The lowest BCUT2D eigenvalue weighted by Gasteiger charge is -2.00. The molecule has 9 heteroatoms. The second-order valence-electron chi connectivity index (χ2n) is 4.61. The third kappa shape index (κ3) is 3.37. The second kappa shape index (κ2) is 5.93. The Morgan fingerprint density at radius 1 is 1.00 bits per heavy atom. The van der Waals surface area contributed by atoms with Gasteiger partial charge in [0.15, 0.2) is 0 Å². The lowest BCUT2D eigenvalue weighted by Crippen LogP contribution is -2.11. The van der Waals surface area contributed by atoms with Gasteiger partial charge in [-0.1, -0.05) is 29.3 Å². The van der Waals surface area contributed by atoms with Crippen molar-refractivity contribution in [3.63, 3.8) is 0 Å². The molecule has 3 aromatic rings. The first-order valence-electron chi connectivity index (χ1n) is 6.27. The Labute approximate surface area is 141 Å². The molecule has 1 aromatic heterocycles. The van der Waals surface area contributed by atoms with Crippen molar-refractivity contribution in [2.75, 3.05) is 0 Å². The highest BCUT2D eigenvalue weighted by atomic mass is 35.5. The third-order valence-corrected chi connectivity index (χ3v) is 4.45. The molecule has 0 aliphatic heterocycles. The van der Waals surface area contributed by atoms with Crippen LogP contribution in [0.3, 0.4) is 0 Å². The molecular formula is C14H9Cl2N3O3S. The molecule has 0 atom stereocenters. The molecule has 0 spiro atoms. The van der Waals surface area contributed by atoms with Crippen molar-refractivity contribution in [2.45, 2.75) is 4.90 Å². The van der Waals surface area contributed by atoms with Crippen molar-refractivity contribution in [2.24, 2.45) is 5.14 Å². The van der Waals surface area contributed by atoms with Gasteiger partial charge in [0.2, 0.25) is 21.8 Å². The fraction of sp³-hybridized carbons (Fsp3) is 0. The van der Waals surface area contributed by atoms with Gasteiger partial charge in [0.05, 0.1) is 15.5 Å². The Morgan fingerprint density at radius 3 is 2.43 bits per heavy atom. The minimum absolute atomic E-state index is 0.0423. The van der Waals surface area contributed by atoms with E-state index in [9.17, 15) is 8.42 Å². The standard InChI is InChI=1S/C14H9Cl2N3O3S/c15-9-4-5-11(12(16)7-9)14-19-18-13(22-14)8-2-1-3-10(6-8)23(17,20)21/h1-7H,(H2,17,20,21). The van der Waals surface area contributed by atoms with E-state index in [1.54, 1.807) is 24.3 Å². The van der Waals surface area contributed by atoms with E-state index < -0.39 is 10.0 Å². The van der Waals surface area contributed by atoms with Crippen LogP contribution < -0.4 is 5.14 Å². The van der Waals surface area contributed by atoms with Crippen LogP contribution in [0.2, 0.25) is 10.0 Å². The number of nitrogens with two attached hydrogens (primary N) is 1. The maximum Gasteiger partial charge on any atom is 0.249 e. The normalized spacial score (nSPS) is 11.6. The number of nitrogens with zero attached hydrogens (tertiary/aromatic N) is 2. The van der Waals surface area contributed by atoms with Crippen LogP contribution in [0.25, 0.3) is 22.9 Å². The molecule has 23 heavy (non-hydrogen) atoms. The molecular weight excluding hydrogens is 361 g/mol. The van der Waals surface area contributed by atoms with Crippen molar-refractivity contribution < 1.29 is 12.8 Å². The third-order valence-electron chi connectivity index (χ3n) is 3.00. The van der Waals surface area contributed by atoms with E-state index in [0.717, 1.165) is 0 Å². The molecule has 0 aliphatic rings. The molecule has 0 unspecified atom stereocenters. The van der Waals surface area contributed by atoms with E-state index in [-0.39, 0.29) is 16.7 Å². The lowest BCUT2D eigenvalue weighted by molar-refractivity contribution is 0.584. The smallest absolute Gasteiger partial charge is 0.249 e. The quantitative estimate of drug-likeness (QED) is 0.762. The number of aromatic nitrogens is 2. The molecule has 0 radical (unpaired) electrons. The fourth-order valence-corrected chi connectivity index (χ4v) is 2.97. The highest BCUT2D eigenvalue weighted by Gasteiger charge is 2.15. The average molecular weight is 370 g/mol. The van der Waals surface area contributed by atoms with Crippen LogP contribution in [-0.2, 0) is 10.0 Å². The van der Waals surface area contributed by atoms with Gasteiger partial charge < -0.3 is 4.42 Å². The van der Waals surface area contributed by atoms with Crippen LogP contribution in [0, 0.1) is 0 Å². The summed E-state index contributed by atoms with van der Waals surface area (Å²) in [5.41, 5.74) is 0.956.